The number of thioether (sulfide) groups is 1. The van der Waals surface area contributed by atoms with Gasteiger partial charge >= 0.3 is 5.97 Å². The Morgan fingerprint density at radius 3 is 2.79 bits per heavy atom. The van der Waals surface area contributed by atoms with Crippen LogP contribution in [0.4, 0.5) is 0 Å². The van der Waals surface area contributed by atoms with Crippen molar-refractivity contribution in [2.75, 3.05) is 20.8 Å². The number of hydrogen-bond donors (Lipinski definition) is 1. The second-order valence-corrected chi connectivity index (χ2v) is 6.41. The molecule has 1 aliphatic heterocycles. The Morgan fingerprint density at radius 1 is 1.36 bits per heavy atom. The zero-order valence-corrected chi connectivity index (χ0v) is 16.7. The molecular weight excluding hydrogens is 382 g/mol. The second-order valence-electron chi connectivity index (χ2n) is 5.37. The molecule has 0 spiro atoms. The van der Waals surface area contributed by atoms with Gasteiger partial charge in [-0.3, -0.25) is 10.1 Å². The molecule has 148 valence electrons. The van der Waals surface area contributed by atoms with Crippen LogP contribution >= 0.6 is 11.8 Å². The van der Waals surface area contributed by atoms with Gasteiger partial charge in [0, 0.05) is 11.6 Å². The second kappa shape index (κ2) is 10.3. The fourth-order valence-corrected chi connectivity index (χ4v) is 3.05. The Kier molecular flexibility index (Phi) is 7.82. The highest BCUT2D eigenvalue weighted by Crippen LogP contribution is 2.33. The van der Waals surface area contributed by atoms with Crippen molar-refractivity contribution in [3.8, 4) is 11.5 Å². The van der Waals surface area contributed by atoms with Gasteiger partial charge in [-0.15, -0.1) is 11.7 Å². The summed E-state index contributed by atoms with van der Waals surface area (Å²) in [6, 6.07) is 3.69. The highest BCUT2D eigenvalue weighted by atomic mass is 32.2. The Balaban J connectivity index is 2.22. The maximum Gasteiger partial charge on any atom is 0.331 e. The van der Waals surface area contributed by atoms with E-state index in [0.29, 0.717) is 24.5 Å². The van der Waals surface area contributed by atoms with Crippen LogP contribution < -0.4 is 14.8 Å². The van der Waals surface area contributed by atoms with Gasteiger partial charge in [0.25, 0.3) is 5.91 Å². The number of carbonyl (C=O) groups excluding carboxylic acids is 2. The standard InChI is InChI=1S/C19H21N3O5S/c1-5-7-13-8-12(9-14(25-3)17(13)27-6-2)11-20-22-19-21-18(24)15(28-19)10-16(23)26-4/h5,8-11H,1,6-7H2,2-4H3,(H,21,22,24)/b15-10+,20-11?. The van der Waals surface area contributed by atoms with Crippen molar-refractivity contribution in [3.63, 3.8) is 0 Å². The molecule has 1 heterocycles. The first-order valence-corrected chi connectivity index (χ1v) is 9.18. The number of benzene rings is 1. The van der Waals surface area contributed by atoms with Gasteiger partial charge in [-0.1, -0.05) is 6.08 Å². The van der Waals surface area contributed by atoms with E-state index < -0.39 is 11.9 Å². The number of amidine groups is 1. The Labute approximate surface area is 167 Å². The summed E-state index contributed by atoms with van der Waals surface area (Å²) in [4.78, 5) is 23.2. The van der Waals surface area contributed by atoms with Crippen LogP contribution in [0.3, 0.4) is 0 Å². The average molecular weight is 403 g/mol. The molecule has 1 aliphatic rings. The number of carbonyl (C=O) groups is 2. The van der Waals surface area contributed by atoms with E-state index in [1.165, 1.54) is 13.3 Å². The molecule has 0 bridgehead atoms. The minimum absolute atomic E-state index is 0.191. The predicted octanol–water partition coefficient (Wildman–Crippen LogP) is 2.43. The van der Waals surface area contributed by atoms with Gasteiger partial charge in [0.15, 0.2) is 16.7 Å². The number of rotatable bonds is 8. The van der Waals surface area contributed by atoms with E-state index in [1.807, 2.05) is 13.0 Å². The topological polar surface area (TPSA) is 98.6 Å². The molecule has 2 rings (SSSR count). The van der Waals surface area contributed by atoms with Gasteiger partial charge in [0.2, 0.25) is 0 Å². The van der Waals surface area contributed by atoms with Crippen LogP contribution in [-0.4, -0.2) is 44.1 Å². The van der Waals surface area contributed by atoms with Crippen LogP contribution in [0.5, 0.6) is 11.5 Å². The van der Waals surface area contributed by atoms with Gasteiger partial charge in [0.05, 0.1) is 31.9 Å². The SMILES string of the molecule is C=CCc1cc(C=N/N=C2/NC(=O)/C(=C\C(=O)OC)S2)cc(OC)c1OCC. The summed E-state index contributed by atoms with van der Waals surface area (Å²) in [6.07, 6.45) is 5.02. The lowest BCUT2D eigenvalue weighted by molar-refractivity contribution is -0.135. The van der Waals surface area contributed by atoms with E-state index in [1.54, 1.807) is 19.3 Å². The number of nitrogens with one attached hydrogen (secondary N) is 1. The van der Waals surface area contributed by atoms with Gasteiger partial charge < -0.3 is 14.2 Å². The fraction of sp³-hybridized carbons (Fsp3) is 0.263. The predicted molar refractivity (Wildman–Crippen MR) is 109 cm³/mol. The summed E-state index contributed by atoms with van der Waals surface area (Å²) >= 11 is 1.00. The summed E-state index contributed by atoms with van der Waals surface area (Å²) in [5.41, 5.74) is 1.67. The molecule has 1 amide bonds. The monoisotopic (exact) mass is 403 g/mol. The number of esters is 1. The molecular formula is C19H21N3O5S. The van der Waals surface area contributed by atoms with Crippen molar-refractivity contribution < 1.29 is 23.8 Å². The molecule has 1 aromatic rings. The van der Waals surface area contributed by atoms with Crippen LogP contribution in [0.2, 0.25) is 0 Å². The summed E-state index contributed by atoms with van der Waals surface area (Å²) in [6.45, 7) is 6.18. The molecule has 28 heavy (non-hydrogen) atoms. The summed E-state index contributed by atoms with van der Waals surface area (Å²) in [7, 11) is 2.80. The van der Waals surface area contributed by atoms with E-state index in [2.05, 4.69) is 26.8 Å². The first-order chi connectivity index (χ1) is 13.5. The molecule has 0 radical (unpaired) electrons. The molecule has 1 saturated heterocycles. The van der Waals surface area contributed by atoms with Crippen LogP contribution in [0.15, 0.2) is 46.0 Å². The third-order valence-electron chi connectivity index (χ3n) is 3.48. The van der Waals surface area contributed by atoms with Crippen LogP contribution in [0.25, 0.3) is 0 Å². The number of allylic oxidation sites excluding steroid dienone is 1. The Morgan fingerprint density at radius 2 is 2.14 bits per heavy atom. The lowest BCUT2D eigenvalue weighted by Gasteiger charge is -2.14. The van der Waals surface area contributed by atoms with Gasteiger partial charge in [-0.25, -0.2) is 4.79 Å². The van der Waals surface area contributed by atoms with Crippen LogP contribution in [0, 0.1) is 0 Å². The maximum atomic E-state index is 11.8. The average Bonchev–Trinajstić information content (AvgIpc) is 3.02. The van der Waals surface area contributed by atoms with Gasteiger partial charge in [0.1, 0.15) is 0 Å². The molecule has 1 aromatic carbocycles. The summed E-state index contributed by atoms with van der Waals surface area (Å²) in [5, 5.41) is 10.8. The smallest absolute Gasteiger partial charge is 0.331 e. The van der Waals surface area contributed by atoms with Crippen molar-refractivity contribution in [2.24, 2.45) is 10.2 Å². The minimum atomic E-state index is -0.612. The number of methoxy groups -OCH3 is 2. The van der Waals surface area contributed by atoms with Crippen molar-refractivity contribution in [1.29, 1.82) is 0 Å². The van der Waals surface area contributed by atoms with Crippen LogP contribution in [-0.2, 0) is 20.7 Å². The zero-order chi connectivity index (χ0) is 20.5. The highest BCUT2D eigenvalue weighted by Gasteiger charge is 2.25. The van der Waals surface area contributed by atoms with Crippen molar-refractivity contribution in [1.82, 2.24) is 5.32 Å². The number of ether oxygens (including phenoxy) is 3. The minimum Gasteiger partial charge on any atom is -0.493 e. The maximum absolute atomic E-state index is 11.8. The third-order valence-corrected chi connectivity index (χ3v) is 4.38. The van der Waals surface area contributed by atoms with Crippen molar-refractivity contribution >= 4 is 35.0 Å². The van der Waals surface area contributed by atoms with E-state index in [0.717, 1.165) is 29.0 Å². The Bertz CT molecular complexity index is 861. The third kappa shape index (κ3) is 5.46. The number of amides is 1. The van der Waals surface area contributed by atoms with Crippen molar-refractivity contribution in [3.05, 3.63) is 46.9 Å². The first kappa shape index (κ1) is 21.2. The lowest BCUT2D eigenvalue weighted by Crippen LogP contribution is -2.19. The van der Waals surface area contributed by atoms with E-state index in [9.17, 15) is 9.59 Å². The largest absolute Gasteiger partial charge is 0.493 e. The normalized spacial score (nSPS) is 16.5. The molecule has 0 aromatic heterocycles. The van der Waals surface area contributed by atoms with E-state index >= 15 is 0 Å². The quantitative estimate of drug-likeness (QED) is 0.235. The highest BCUT2D eigenvalue weighted by molar-refractivity contribution is 8.18. The Hall–Kier alpha value is -3.07. The fourth-order valence-electron chi connectivity index (χ4n) is 2.31. The first-order valence-electron chi connectivity index (χ1n) is 8.36. The van der Waals surface area contributed by atoms with E-state index in [4.69, 9.17) is 9.47 Å². The van der Waals surface area contributed by atoms with Gasteiger partial charge in [-0.05, 0) is 42.8 Å². The van der Waals surface area contributed by atoms with Crippen LogP contribution in [0.1, 0.15) is 18.1 Å². The lowest BCUT2D eigenvalue weighted by atomic mass is 10.1. The molecule has 0 atom stereocenters. The number of nitrogens with zero attached hydrogens (tertiary/aromatic N) is 2. The molecule has 9 heteroatoms. The summed E-state index contributed by atoms with van der Waals surface area (Å²) in [5.74, 6) is 0.214. The molecule has 0 unspecified atom stereocenters. The molecule has 0 aliphatic carbocycles. The number of hydrogen-bond acceptors (Lipinski definition) is 8. The molecule has 1 N–H and O–H groups in total. The molecule has 1 fully saturated rings. The summed E-state index contributed by atoms with van der Waals surface area (Å²) < 4.78 is 15.6. The zero-order valence-electron chi connectivity index (χ0n) is 15.9. The molecule has 0 saturated carbocycles. The van der Waals surface area contributed by atoms with Crippen molar-refractivity contribution in [2.45, 2.75) is 13.3 Å². The van der Waals surface area contributed by atoms with Gasteiger partial charge in [-0.2, -0.15) is 5.10 Å². The van der Waals surface area contributed by atoms with E-state index in [-0.39, 0.29) is 10.1 Å². The molecule has 8 nitrogen and oxygen atoms in total.